The van der Waals surface area contributed by atoms with Crippen LogP contribution in [0.4, 0.5) is 0 Å². The molecule has 0 amide bonds. The fraction of sp³-hybridized carbons (Fsp3) is 0.417. The van der Waals surface area contributed by atoms with Crippen LogP contribution in [0.3, 0.4) is 0 Å². The predicted molar refractivity (Wildman–Crippen MR) is 62.1 cm³/mol. The summed E-state index contributed by atoms with van der Waals surface area (Å²) in [4.78, 5) is 11.0. The lowest BCUT2D eigenvalue weighted by atomic mass is 9.96. The van der Waals surface area contributed by atoms with E-state index in [0.29, 0.717) is 11.5 Å². The van der Waals surface area contributed by atoms with E-state index in [-0.39, 0.29) is 6.10 Å². The van der Waals surface area contributed by atoms with Crippen molar-refractivity contribution in [2.45, 2.75) is 31.3 Å². The molecule has 0 unspecified atom stereocenters. The minimum atomic E-state index is -0.884. The zero-order valence-corrected chi connectivity index (χ0v) is 10.2. The largest absolute Gasteiger partial charge is 0.488 e. The molecule has 1 aromatic carbocycles. The summed E-state index contributed by atoms with van der Waals surface area (Å²) in [6.45, 7) is 0. The van der Waals surface area contributed by atoms with Crippen LogP contribution in [0, 0.1) is 0 Å². The summed E-state index contributed by atoms with van der Waals surface area (Å²) in [6, 6.07) is 3.38. The molecule has 2 atom stereocenters. The van der Waals surface area contributed by atoms with Crippen LogP contribution in [0.15, 0.2) is 16.6 Å². The molecule has 3 nitrogen and oxygen atoms in total. The third-order valence-electron chi connectivity index (χ3n) is 3.44. The van der Waals surface area contributed by atoms with Crippen molar-refractivity contribution in [3.8, 4) is 5.75 Å². The van der Waals surface area contributed by atoms with E-state index in [1.807, 2.05) is 0 Å². The molecule has 16 heavy (non-hydrogen) atoms. The van der Waals surface area contributed by atoms with Gasteiger partial charge in [-0.05, 0) is 47.3 Å². The zero-order valence-electron chi connectivity index (χ0n) is 8.57. The highest BCUT2D eigenvalue weighted by atomic mass is 79.9. The first-order valence-corrected chi connectivity index (χ1v) is 6.19. The predicted octanol–water partition coefficient (Wildman–Crippen LogP) is 3.18. The van der Waals surface area contributed by atoms with Crippen molar-refractivity contribution in [1.29, 1.82) is 0 Å². The van der Waals surface area contributed by atoms with Gasteiger partial charge in [-0.1, -0.05) is 0 Å². The topological polar surface area (TPSA) is 46.5 Å². The first-order chi connectivity index (χ1) is 7.66. The van der Waals surface area contributed by atoms with Crippen LogP contribution < -0.4 is 4.74 Å². The maximum absolute atomic E-state index is 11.0. The molecule has 2 aliphatic rings. The van der Waals surface area contributed by atoms with Gasteiger partial charge in [0.05, 0.1) is 10.0 Å². The lowest BCUT2D eigenvalue weighted by Crippen LogP contribution is -2.11. The molecule has 3 rings (SSSR count). The van der Waals surface area contributed by atoms with Crippen LogP contribution in [0.5, 0.6) is 5.75 Å². The summed E-state index contributed by atoms with van der Waals surface area (Å²) in [5.41, 5.74) is 1.40. The lowest BCUT2D eigenvalue weighted by molar-refractivity contribution is 0.0696. The van der Waals surface area contributed by atoms with E-state index in [0.717, 1.165) is 28.6 Å². The van der Waals surface area contributed by atoms with E-state index in [1.165, 1.54) is 6.42 Å². The molecule has 1 saturated carbocycles. The van der Waals surface area contributed by atoms with E-state index in [9.17, 15) is 4.79 Å². The van der Waals surface area contributed by atoms with Gasteiger partial charge >= 0.3 is 5.97 Å². The van der Waals surface area contributed by atoms with E-state index in [1.54, 1.807) is 12.1 Å². The molecule has 1 fully saturated rings. The molecule has 84 valence electrons. The minimum absolute atomic E-state index is 0.260. The maximum Gasteiger partial charge on any atom is 0.335 e. The second-order valence-electron chi connectivity index (χ2n) is 4.38. The third-order valence-corrected chi connectivity index (χ3v) is 4.03. The van der Waals surface area contributed by atoms with Gasteiger partial charge in [0.15, 0.2) is 0 Å². The summed E-state index contributed by atoms with van der Waals surface area (Å²) in [5, 5.41) is 9.02. The standard InChI is InChI=1S/C12H11BrO3/c13-9-5-6(12(14)15)4-8-7-2-1-3-10(7)16-11(8)9/h4-5,7,10H,1-3H2,(H,14,15)/t7-,10-/m0/s1. The van der Waals surface area contributed by atoms with Gasteiger partial charge in [-0.3, -0.25) is 0 Å². The first-order valence-electron chi connectivity index (χ1n) is 5.40. The number of hydrogen-bond donors (Lipinski definition) is 1. The summed E-state index contributed by atoms with van der Waals surface area (Å²) in [7, 11) is 0. The second kappa shape index (κ2) is 3.48. The minimum Gasteiger partial charge on any atom is -0.488 e. The number of carbonyl (C=O) groups is 1. The molecule has 4 heteroatoms. The molecule has 0 spiro atoms. The Balaban J connectivity index is 2.12. The number of carboxylic acid groups (broad SMARTS) is 1. The van der Waals surface area contributed by atoms with Gasteiger partial charge in [0.1, 0.15) is 11.9 Å². The highest BCUT2D eigenvalue weighted by Gasteiger charge is 2.39. The van der Waals surface area contributed by atoms with Gasteiger partial charge in [-0.15, -0.1) is 0 Å². The highest BCUT2D eigenvalue weighted by molar-refractivity contribution is 9.10. The quantitative estimate of drug-likeness (QED) is 0.861. The van der Waals surface area contributed by atoms with Crippen molar-refractivity contribution in [3.05, 3.63) is 27.7 Å². The van der Waals surface area contributed by atoms with Gasteiger partial charge < -0.3 is 9.84 Å². The zero-order chi connectivity index (χ0) is 11.3. The molecule has 0 saturated heterocycles. The van der Waals surface area contributed by atoms with Crippen LogP contribution in [-0.4, -0.2) is 17.2 Å². The summed E-state index contributed by atoms with van der Waals surface area (Å²) in [5.74, 6) is 0.357. The Morgan fingerprint density at radius 3 is 3.00 bits per heavy atom. The number of benzene rings is 1. The number of hydrogen-bond acceptors (Lipinski definition) is 2. The summed E-state index contributed by atoms with van der Waals surface area (Å²) < 4.78 is 6.62. The molecule has 1 N–H and O–H groups in total. The number of fused-ring (bicyclic) bond motifs is 3. The van der Waals surface area contributed by atoms with E-state index in [4.69, 9.17) is 9.84 Å². The van der Waals surface area contributed by atoms with Crippen LogP contribution in [0.2, 0.25) is 0 Å². The number of carboxylic acids is 1. The molecule has 0 radical (unpaired) electrons. The monoisotopic (exact) mass is 282 g/mol. The fourth-order valence-corrected chi connectivity index (χ4v) is 3.28. The SMILES string of the molecule is O=C(O)c1cc(Br)c2c(c1)[C@@H]1CCC[C@@H]1O2. The fourth-order valence-electron chi connectivity index (χ4n) is 2.71. The van der Waals surface area contributed by atoms with Gasteiger partial charge in [0, 0.05) is 11.5 Å². The highest BCUT2D eigenvalue weighted by Crippen LogP contribution is 2.50. The molecular formula is C12H11BrO3. The summed E-state index contributed by atoms with van der Waals surface area (Å²) in [6.07, 6.45) is 3.61. The Kier molecular flexibility index (Phi) is 2.21. The normalized spacial score (nSPS) is 26.1. The Labute approximate surface area is 102 Å². The molecule has 0 aromatic heterocycles. The van der Waals surface area contributed by atoms with Gasteiger partial charge in [-0.2, -0.15) is 0 Å². The average Bonchev–Trinajstić information content (AvgIpc) is 2.78. The van der Waals surface area contributed by atoms with Gasteiger partial charge in [0.25, 0.3) is 0 Å². The van der Waals surface area contributed by atoms with Crippen molar-refractivity contribution >= 4 is 21.9 Å². The van der Waals surface area contributed by atoms with Crippen molar-refractivity contribution in [1.82, 2.24) is 0 Å². The van der Waals surface area contributed by atoms with Crippen molar-refractivity contribution in [3.63, 3.8) is 0 Å². The van der Waals surface area contributed by atoms with Crippen LogP contribution in [-0.2, 0) is 0 Å². The number of halogens is 1. The molecule has 0 bridgehead atoms. The Morgan fingerprint density at radius 1 is 1.44 bits per heavy atom. The van der Waals surface area contributed by atoms with E-state index >= 15 is 0 Å². The molecule has 1 aromatic rings. The maximum atomic E-state index is 11.0. The summed E-state index contributed by atoms with van der Waals surface area (Å²) >= 11 is 3.39. The lowest BCUT2D eigenvalue weighted by Gasteiger charge is -2.07. The Hall–Kier alpha value is -1.03. The Bertz CT molecular complexity index is 470. The third kappa shape index (κ3) is 1.36. The molecule has 1 heterocycles. The number of rotatable bonds is 1. The number of aromatic carboxylic acids is 1. The van der Waals surface area contributed by atoms with E-state index < -0.39 is 5.97 Å². The Morgan fingerprint density at radius 2 is 2.25 bits per heavy atom. The van der Waals surface area contributed by atoms with Crippen LogP contribution in [0.1, 0.15) is 41.1 Å². The van der Waals surface area contributed by atoms with Crippen LogP contribution >= 0.6 is 15.9 Å². The molecule has 1 aliphatic heterocycles. The molecule has 1 aliphatic carbocycles. The van der Waals surface area contributed by atoms with E-state index in [2.05, 4.69) is 15.9 Å². The first kappa shape index (κ1) is 10.1. The van der Waals surface area contributed by atoms with Crippen LogP contribution in [0.25, 0.3) is 0 Å². The van der Waals surface area contributed by atoms with Gasteiger partial charge in [-0.25, -0.2) is 4.79 Å². The number of ether oxygens (including phenoxy) is 1. The second-order valence-corrected chi connectivity index (χ2v) is 5.23. The molecular weight excluding hydrogens is 272 g/mol. The van der Waals surface area contributed by atoms with Gasteiger partial charge in [0.2, 0.25) is 0 Å². The van der Waals surface area contributed by atoms with Crippen molar-refractivity contribution < 1.29 is 14.6 Å². The van der Waals surface area contributed by atoms with Crippen molar-refractivity contribution in [2.75, 3.05) is 0 Å². The average molecular weight is 283 g/mol. The van der Waals surface area contributed by atoms with Crippen molar-refractivity contribution in [2.24, 2.45) is 0 Å². The smallest absolute Gasteiger partial charge is 0.335 e.